The number of aryl methyl sites for hydroxylation is 2. The molecule has 2 amide bonds. The maximum absolute atomic E-state index is 13.2. The van der Waals surface area contributed by atoms with Gasteiger partial charge in [-0.15, -0.1) is 0 Å². The zero-order valence-electron chi connectivity index (χ0n) is 11.6. The molecule has 0 saturated heterocycles. The summed E-state index contributed by atoms with van der Waals surface area (Å²) in [5, 5.41) is 11.2. The number of benzene rings is 1. The van der Waals surface area contributed by atoms with Crippen molar-refractivity contribution in [3.8, 4) is 0 Å². The number of rotatable bonds is 2. The van der Waals surface area contributed by atoms with E-state index in [1.165, 1.54) is 0 Å². The molecule has 3 N–H and O–H groups in total. The molecule has 0 atom stereocenters. The van der Waals surface area contributed by atoms with E-state index in [-0.39, 0.29) is 5.69 Å². The van der Waals surface area contributed by atoms with Gasteiger partial charge in [0, 0.05) is 5.69 Å². The zero-order valence-corrected chi connectivity index (χ0v) is 11.6. The summed E-state index contributed by atoms with van der Waals surface area (Å²) in [7, 11) is 0. The molecular weight excluding hydrogens is 304 g/mol. The van der Waals surface area contributed by atoms with Gasteiger partial charge >= 0.3 is 12.2 Å². The van der Waals surface area contributed by atoms with Crippen LogP contribution in [0.5, 0.6) is 0 Å². The Bertz CT molecular complexity index is 689. The van der Waals surface area contributed by atoms with Crippen molar-refractivity contribution >= 4 is 17.4 Å². The van der Waals surface area contributed by atoms with E-state index >= 15 is 0 Å². The molecule has 22 heavy (non-hydrogen) atoms. The summed E-state index contributed by atoms with van der Waals surface area (Å²) >= 11 is 0. The van der Waals surface area contributed by atoms with Gasteiger partial charge in [-0.1, -0.05) is 0 Å². The number of urea groups is 1. The van der Waals surface area contributed by atoms with Gasteiger partial charge in [0.25, 0.3) is 0 Å². The lowest BCUT2D eigenvalue weighted by Gasteiger charge is -2.11. The molecule has 2 aromatic rings. The van der Waals surface area contributed by atoms with Crippen LogP contribution in [-0.2, 0) is 6.18 Å². The lowest BCUT2D eigenvalue weighted by molar-refractivity contribution is -0.139. The Labute approximate surface area is 122 Å². The molecule has 5 nitrogen and oxygen atoms in total. The van der Waals surface area contributed by atoms with Gasteiger partial charge in [0.2, 0.25) is 0 Å². The molecule has 0 aliphatic rings. The van der Waals surface area contributed by atoms with E-state index in [0.29, 0.717) is 29.2 Å². The summed E-state index contributed by atoms with van der Waals surface area (Å²) in [4.78, 5) is 11.8. The smallest absolute Gasteiger partial charge is 0.308 e. The molecule has 0 unspecified atom stereocenters. The molecule has 1 heterocycles. The first-order valence-electron chi connectivity index (χ1n) is 6.15. The molecule has 0 aliphatic heterocycles. The maximum atomic E-state index is 13.2. The number of halogens is 4. The van der Waals surface area contributed by atoms with E-state index in [0.717, 1.165) is 6.07 Å². The van der Waals surface area contributed by atoms with Crippen LogP contribution in [-0.4, -0.2) is 16.2 Å². The van der Waals surface area contributed by atoms with Crippen LogP contribution >= 0.6 is 0 Å². The molecular formula is C13H12F4N4O. The summed E-state index contributed by atoms with van der Waals surface area (Å²) in [6.45, 7) is 3.33. The largest absolute Gasteiger partial charge is 0.419 e. The topological polar surface area (TPSA) is 69.8 Å². The first-order valence-corrected chi connectivity index (χ1v) is 6.15. The third-order valence-corrected chi connectivity index (χ3v) is 2.90. The quantitative estimate of drug-likeness (QED) is 0.737. The molecule has 118 valence electrons. The van der Waals surface area contributed by atoms with Crippen LogP contribution in [0.3, 0.4) is 0 Å². The van der Waals surface area contributed by atoms with Crippen LogP contribution in [0.1, 0.15) is 17.0 Å². The Morgan fingerprint density at radius 1 is 1.23 bits per heavy atom. The summed E-state index contributed by atoms with van der Waals surface area (Å²) in [5.41, 5.74) is -0.0628. The van der Waals surface area contributed by atoms with Gasteiger partial charge in [-0.2, -0.15) is 18.3 Å². The number of hydrogen-bond donors (Lipinski definition) is 3. The highest BCUT2D eigenvalue weighted by molar-refractivity contribution is 6.00. The van der Waals surface area contributed by atoms with Gasteiger partial charge in [-0.05, 0) is 32.0 Å². The summed E-state index contributed by atoms with van der Waals surface area (Å²) in [6, 6.07) is 1.46. The van der Waals surface area contributed by atoms with Crippen molar-refractivity contribution in [2.24, 2.45) is 0 Å². The van der Waals surface area contributed by atoms with Crippen molar-refractivity contribution in [3.05, 3.63) is 41.0 Å². The Hall–Kier alpha value is -2.58. The number of carbonyl (C=O) groups excluding carboxylic acids is 1. The lowest BCUT2D eigenvalue weighted by atomic mass is 10.2. The van der Waals surface area contributed by atoms with Crippen molar-refractivity contribution in [2.75, 3.05) is 10.6 Å². The number of aromatic nitrogens is 2. The van der Waals surface area contributed by atoms with Gasteiger partial charge in [0.05, 0.1) is 22.6 Å². The number of hydrogen-bond acceptors (Lipinski definition) is 2. The molecule has 0 bridgehead atoms. The Kier molecular flexibility index (Phi) is 4.07. The maximum Gasteiger partial charge on any atom is 0.419 e. The van der Waals surface area contributed by atoms with Crippen molar-refractivity contribution in [1.82, 2.24) is 10.2 Å². The molecule has 0 radical (unpaired) electrons. The van der Waals surface area contributed by atoms with Crippen LogP contribution < -0.4 is 10.6 Å². The minimum atomic E-state index is -4.84. The van der Waals surface area contributed by atoms with E-state index in [4.69, 9.17) is 0 Å². The van der Waals surface area contributed by atoms with E-state index in [2.05, 4.69) is 20.8 Å². The van der Waals surface area contributed by atoms with Crippen LogP contribution in [0.15, 0.2) is 18.2 Å². The average Bonchev–Trinajstić information content (AvgIpc) is 2.71. The number of anilines is 2. The monoisotopic (exact) mass is 316 g/mol. The number of alkyl halides is 3. The minimum Gasteiger partial charge on any atom is -0.308 e. The molecule has 9 heteroatoms. The van der Waals surface area contributed by atoms with Crippen LogP contribution in [0.4, 0.5) is 33.7 Å². The second-order valence-corrected chi connectivity index (χ2v) is 4.58. The number of amides is 2. The summed E-state index contributed by atoms with van der Waals surface area (Å²) in [6.07, 6.45) is -4.84. The molecule has 0 aliphatic carbocycles. The Morgan fingerprint density at radius 3 is 2.45 bits per heavy atom. The van der Waals surface area contributed by atoms with E-state index in [1.54, 1.807) is 13.8 Å². The first-order chi connectivity index (χ1) is 10.2. The molecule has 0 fully saturated rings. The second-order valence-electron chi connectivity index (χ2n) is 4.58. The molecule has 1 aromatic heterocycles. The number of H-pyrrole nitrogens is 1. The summed E-state index contributed by atoms with van der Waals surface area (Å²) in [5.74, 6) is -1.40. The fourth-order valence-corrected chi connectivity index (χ4v) is 1.83. The van der Waals surface area contributed by atoms with Gasteiger partial charge in [-0.3, -0.25) is 5.10 Å². The fraction of sp³-hybridized carbons (Fsp3) is 0.231. The van der Waals surface area contributed by atoms with Crippen LogP contribution in [0, 0.1) is 19.7 Å². The van der Waals surface area contributed by atoms with E-state index in [9.17, 15) is 22.4 Å². The standard InChI is InChI=1S/C13H12F4N4O/c1-6-11(7(2)21-20-6)19-12(22)18-8-3-4-10(14)9(5-8)13(15,16)17/h3-5H,1-2H3,(H,20,21)(H2,18,19,22). The second kappa shape index (κ2) is 5.66. The highest BCUT2D eigenvalue weighted by Crippen LogP contribution is 2.33. The fourth-order valence-electron chi connectivity index (χ4n) is 1.83. The molecule has 1 aromatic carbocycles. The third-order valence-electron chi connectivity index (χ3n) is 2.90. The van der Waals surface area contributed by atoms with Crippen LogP contribution in [0.25, 0.3) is 0 Å². The number of carbonyl (C=O) groups is 1. The number of aromatic amines is 1. The van der Waals surface area contributed by atoms with Gasteiger partial charge in [0.15, 0.2) is 0 Å². The van der Waals surface area contributed by atoms with E-state index in [1.807, 2.05) is 0 Å². The molecule has 0 spiro atoms. The lowest BCUT2D eigenvalue weighted by Crippen LogP contribution is -2.20. The predicted octanol–water partition coefficient (Wildman–Crippen LogP) is 3.83. The number of nitrogens with zero attached hydrogens (tertiary/aromatic N) is 1. The average molecular weight is 316 g/mol. The third kappa shape index (κ3) is 3.35. The normalized spacial score (nSPS) is 11.4. The Morgan fingerprint density at radius 2 is 1.91 bits per heavy atom. The molecule has 0 saturated carbocycles. The SMILES string of the molecule is Cc1n[nH]c(C)c1NC(=O)Nc1ccc(F)c(C(F)(F)F)c1. The van der Waals surface area contributed by atoms with Gasteiger partial charge in [0.1, 0.15) is 5.82 Å². The molecule has 2 rings (SSSR count). The van der Waals surface area contributed by atoms with E-state index < -0.39 is 23.6 Å². The Balaban J connectivity index is 2.16. The first kappa shape index (κ1) is 15.8. The number of nitrogens with one attached hydrogen (secondary N) is 3. The van der Waals surface area contributed by atoms with Crippen molar-refractivity contribution in [1.29, 1.82) is 0 Å². The highest BCUT2D eigenvalue weighted by Gasteiger charge is 2.34. The minimum absolute atomic E-state index is 0.176. The van der Waals surface area contributed by atoms with Crippen molar-refractivity contribution < 1.29 is 22.4 Å². The van der Waals surface area contributed by atoms with Gasteiger partial charge in [-0.25, -0.2) is 9.18 Å². The highest BCUT2D eigenvalue weighted by atomic mass is 19.4. The van der Waals surface area contributed by atoms with Crippen molar-refractivity contribution in [3.63, 3.8) is 0 Å². The van der Waals surface area contributed by atoms with Crippen molar-refractivity contribution in [2.45, 2.75) is 20.0 Å². The van der Waals surface area contributed by atoms with Crippen LogP contribution in [0.2, 0.25) is 0 Å². The zero-order chi connectivity index (χ0) is 16.5. The van der Waals surface area contributed by atoms with Gasteiger partial charge < -0.3 is 10.6 Å². The summed E-state index contributed by atoms with van der Waals surface area (Å²) < 4.78 is 50.9. The predicted molar refractivity (Wildman–Crippen MR) is 72.1 cm³/mol.